The van der Waals surface area contributed by atoms with E-state index >= 15 is 0 Å². The average Bonchev–Trinajstić information content (AvgIpc) is 2.69. The predicted octanol–water partition coefficient (Wildman–Crippen LogP) is 3.92. The Labute approximate surface area is 164 Å². The van der Waals surface area contributed by atoms with E-state index in [0.29, 0.717) is 11.1 Å². The highest BCUT2D eigenvalue weighted by Gasteiger charge is 2.48. The molecule has 0 unspecified atom stereocenters. The maximum Gasteiger partial charge on any atom is 0.338 e. The van der Waals surface area contributed by atoms with Crippen LogP contribution in [0.5, 0.6) is 0 Å². The van der Waals surface area contributed by atoms with Gasteiger partial charge in [0.05, 0.1) is 17.2 Å². The third-order valence-corrected chi connectivity index (χ3v) is 5.14. The topological polar surface area (TPSA) is 61.8 Å². The molecule has 0 N–H and O–H groups in total. The SMILES string of the molecule is C[C@H]1O[C@@H](F)[C@@H](Br)[C@@H](OC(=O)c2ccccc2)[C@@H]1OC(=O)c1ccccc1. The molecular formula is C20H18BrFO5. The van der Waals surface area contributed by atoms with E-state index in [-0.39, 0.29) is 0 Å². The summed E-state index contributed by atoms with van der Waals surface area (Å²) in [5, 5.41) is 0. The van der Waals surface area contributed by atoms with Crippen LogP contribution < -0.4 is 0 Å². The molecular weight excluding hydrogens is 419 g/mol. The van der Waals surface area contributed by atoms with E-state index in [1.807, 2.05) is 0 Å². The van der Waals surface area contributed by atoms with Gasteiger partial charge in [0, 0.05) is 0 Å². The number of halogens is 2. The Bertz CT molecular complexity index is 785. The normalized spacial score (nSPS) is 27.6. The van der Waals surface area contributed by atoms with E-state index in [0.717, 1.165) is 0 Å². The largest absolute Gasteiger partial charge is 0.453 e. The van der Waals surface area contributed by atoms with Crippen LogP contribution in [0, 0.1) is 0 Å². The first-order chi connectivity index (χ1) is 13.0. The van der Waals surface area contributed by atoms with E-state index in [2.05, 4.69) is 15.9 Å². The van der Waals surface area contributed by atoms with Crippen LogP contribution in [-0.4, -0.2) is 41.4 Å². The Morgan fingerprint density at radius 1 is 0.889 bits per heavy atom. The average molecular weight is 437 g/mol. The zero-order valence-electron chi connectivity index (χ0n) is 14.5. The Hall–Kier alpha value is -2.25. The second-order valence-electron chi connectivity index (χ2n) is 6.11. The minimum absolute atomic E-state index is 0.319. The van der Waals surface area contributed by atoms with Crippen LogP contribution in [0.4, 0.5) is 4.39 Å². The molecule has 1 heterocycles. The van der Waals surface area contributed by atoms with Gasteiger partial charge in [0.15, 0.2) is 12.2 Å². The van der Waals surface area contributed by atoms with Gasteiger partial charge in [-0.15, -0.1) is 0 Å². The van der Waals surface area contributed by atoms with Crippen molar-refractivity contribution in [2.24, 2.45) is 0 Å². The third-order valence-electron chi connectivity index (χ3n) is 4.20. The van der Waals surface area contributed by atoms with Gasteiger partial charge in [-0.3, -0.25) is 0 Å². The van der Waals surface area contributed by atoms with E-state index in [1.165, 1.54) is 0 Å². The lowest BCUT2D eigenvalue weighted by atomic mass is 10.0. The summed E-state index contributed by atoms with van der Waals surface area (Å²) in [6.45, 7) is 1.57. The number of alkyl halides is 2. The lowest BCUT2D eigenvalue weighted by Crippen LogP contribution is -2.56. The highest BCUT2D eigenvalue weighted by Crippen LogP contribution is 2.32. The molecule has 0 radical (unpaired) electrons. The van der Waals surface area contributed by atoms with Crippen LogP contribution in [0.15, 0.2) is 60.7 Å². The number of benzene rings is 2. The number of rotatable bonds is 4. The number of hydrogen-bond donors (Lipinski definition) is 0. The van der Waals surface area contributed by atoms with Crippen LogP contribution in [0.1, 0.15) is 27.6 Å². The molecule has 2 aromatic carbocycles. The smallest absolute Gasteiger partial charge is 0.338 e. The predicted molar refractivity (Wildman–Crippen MR) is 99.4 cm³/mol. The summed E-state index contributed by atoms with van der Waals surface area (Å²) in [6.07, 6.45) is -4.53. The van der Waals surface area contributed by atoms with Crippen molar-refractivity contribution >= 4 is 27.9 Å². The Morgan fingerprint density at radius 2 is 1.33 bits per heavy atom. The minimum atomic E-state index is -1.71. The molecule has 1 saturated heterocycles. The standard InChI is InChI=1S/C20H18BrFO5/c1-12-16(26-19(23)13-8-4-2-5-9-13)17(15(21)18(22)25-12)27-20(24)14-10-6-3-7-11-14/h2-12,15-18H,1H3/t12-,15+,16-,17-,18-/m1/s1. The molecule has 1 aliphatic heterocycles. The van der Waals surface area contributed by atoms with Gasteiger partial charge in [0.2, 0.25) is 6.36 Å². The first-order valence-electron chi connectivity index (χ1n) is 8.43. The number of carbonyl (C=O) groups excluding carboxylic acids is 2. The van der Waals surface area contributed by atoms with Gasteiger partial charge < -0.3 is 14.2 Å². The molecule has 5 nitrogen and oxygen atoms in total. The fraction of sp³-hybridized carbons (Fsp3) is 0.300. The number of hydrogen-bond acceptors (Lipinski definition) is 5. The zero-order chi connectivity index (χ0) is 19.4. The zero-order valence-corrected chi connectivity index (χ0v) is 16.0. The summed E-state index contributed by atoms with van der Waals surface area (Å²) >= 11 is 3.17. The molecule has 0 spiro atoms. The van der Waals surface area contributed by atoms with Crippen molar-refractivity contribution in [3.05, 3.63) is 71.8 Å². The molecule has 1 fully saturated rings. The quantitative estimate of drug-likeness (QED) is 0.536. The van der Waals surface area contributed by atoms with Crippen molar-refractivity contribution in [1.82, 2.24) is 0 Å². The van der Waals surface area contributed by atoms with Gasteiger partial charge in [-0.2, -0.15) is 0 Å². The van der Waals surface area contributed by atoms with E-state index in [9.17, 15) is 14.0 Å². The first kappa shape index (κ1) is 19.5. The molecule has 142 valence electrons. The molecule has 27 heavy (non-hydrogen) atoms. The summed E-state index contributed by atoms with van der Waals surface area (Å²) in [6, 6.07) is 16.7. The molecule has 0 aromatic heterocycles. The van der Waals surface area contributed by atoms with Gasteiger partial charge >= 0.3 is 11.9 Å². The minimum Gasteiger partial charge on any atom is -0.453 e. The molecule has 7 heteroatoms. The molecule has 5 atom stereocenters. The number of carbonyl (C=O) groups is 2. The third kappa shape index (κ3) is 4.54. The Kier molecular flexibility index (Phi) is 6.23. The molecule has 3 rings (SSSR count). The Morgan fingerprint density at radius 3 is 1.81 bits per heavy atom. The van der Waals surface area contributed by atoms with Crippen molar-refractivity contribution in [3.63, 3.8) is 0 Å². The highest BCUT2D eigenvalue weighted by atomic mass is 79.9. The van der Waals surface area contributed by atoms with Crippen LogP contribution in [0.3, 0.4) is 0 Å². The molecule has 0 amide bonds. The molecule has 0 saturated carbocycles. The molecule has 0 aliphatic carbocycles. The van der Waals surface area contributed by atoms with Crippen LogP contribution in [0.2, 0.25) is 0 Å². The van der Waals surface area contributed by atoms with Crippen molar-refractivity contribution in [2.75, 3.05) is 0 Å². The van der Waals surface area contributed by atoms with Gasteiger partial charge in [0.25, 0.3) is 0 Å². The van der Waals surface area contributed by atoms with Crippen LogP contribution in [-0.2, 0) is 14.2 Å². The maximum atomic E-state index is 14.2. The second-order valence-corrected chi connectivity index (χ2v) is 7.17. The van der Waals surface area contributed by atoms with Crippen molar-refractivity contribution in [1.29, 1.82) is 0 Å². The maximum absolute atomic E-state index is 14.2. The van der Waals surface area contributed by atoms with Crippen molar-refractivity contribution < 1.29 is 28.2 Å². The van der Waals surface area contributed by atoms with Crippen molar-refractivity contribution in [3.8, 4) is 0 Å². The van der Waals surface area contributed by atoms with Crippen LogP contribution >= 0.6 is 15.9 Å². The fourth-order valence-electron chi connectivity index (χ4n) is 2.78. The summed E-state index contributed by atoms with van der Waals surface area (Å²) in [5.74, 6) is -1.24. The van der Waals surface area contributed by atoms with E-state index in [4.69, 9.17) is 14.2 Å². The molecule has 0 bridgehead atoms. The highest BCUT2D eigenvalue weighted by molar-refractivity contribution is 9.09. The molecule has 1 aliphatic rings. The number of ether oxygens (including phenoxy) is 3. The van der Waals surface area contributed by atoms with Gasteiger partial charge in [-0.25, -0.2) is 14.0 Å². The number of esters is 2. The Balaban J connectivity index is 1.80. The van der Waals surface area contributed by atoms with Gasteiger partial charge in [0.1, 0.15) is 4.83 Å². The molecule has 2 aromatic rings. The van der Waals surface area contributed by atoms with Gasteiger partial charge in [-0.1, -0.05) is 52.3 Å². The van der Waals surface area contributed by atoms with Crippen LogP contribution in [0.25, 0.3) is 0 Å². The summed E-state index contributed by atoms with van der Waals surface area (Å²) in [5.41, 5.74) is 0.659. The summed E-state index contributed by atoms with van der Waals surface area (Å²) in [4.78, 5) is 23.9. The lowest BCUT2D eigenvalue weighted by Gasteiger charge is -2.39. The van der Waals surface area contributed by atoms with Gasteiger partial charge in [-0.05, 0) is 31.2 Å². The van der Waals surface area contributed by atoms with Crippen molar-refractivity contribution in [2.45, 2.75) is 36.4 Å². The lowest BCUT2D eigenvalue weighted by molar-refractivity contribution is -0.194. The monoisotopic (exact) mass is 436 g/mol. The van der Waals surface area contributed by atoms with E-state index in [1.54, 1.807) is 67.6 Å². The summed E-state index contributed by atoms with van der Waals surface area (Å²) in [7, 11) is 0. The fourth-order valence-corrected chi connectivity index (χ4v) is 3.32. The summed E-state index contributed by atoms with van der Waals surface area (Å²) < 4.78 is 30.4. The van der Waals surface area contributed by atoms with E-state index < -0.39 is 41.4 Å². The first-order valence-corrected chi connectivity index (χ1v) is 9.34. The second kappa shape index (κ2) is 8.63.